The summed E-state index contributed by atoms with van der Waals surface area (Å²) in [6, 6.07) is 11.8. The van der Waals surface area contributed by atoms with E-state index in [-0.39, 0.29) is 24.2 Å². The smallest absolute Gasteiger partial charge is 0.220 e. The lowest BCUT2D eigenvalue weighted by Crippen LogP contribution is -2.15. The summed E-state index contributed by atoms with van der Waals surface area (Å²) in [6.45, 7) is 1.92. The number of halogens is 1. The van der Waals surface area contributed by atoms with Crippen molar-refractivity contribution >= 4 is 5.91 Å². The minimum Gasteiger partial charge on any atom is -0.393 e. The average Bonchev–Trinajstić information content (AvgIpc) is 3.44. The number of carbonyl (C=O) groups is 1. The molecule has 1 saturated heterocycles. The summed E-state index contributed by atoms with van der Waals surface area (Å²) in [5.41, 5.74) is 2.75. The van der Waals surface area contributed by atoms with Gasteiger partial charge in [-0.2, -0.15) is 0 Å². The SMILES string of the molecule is C[C@H](O)c1nccn1[C@@H](C#Cc1ccc(-c2ccc([C@H]3CNC(=O)C3)cc2F)cc1)CO. The molecule has 0 saturated carbocycles. The van der Waals surface area contributed by atoms with Crippen molar-refractivity contribution < 1.29 is 19.4 Å². The maximum atomic E-state index is 14.8. The van der Waals surface area contributed by atoms with Gasteiger partial charge in [0.1, 0.15) is 23.8 Å². The first-order valence-corrected chi connectivity index (χ1v) is 10.5. The second-order valence-electron chi connectivity index (χ2n) is 7.86. The van der Waals surface area contributed by atoms with Crippen LogP contribution in [0.3, 0.4) is 0 Å². The first-order chi connectivity index (χ1) is 15.5. The van der Waals surface area contributed by atoms with Crippen LogP contribution in [-0.4, -0.2) is 38.8 Å². The molecule has 0 spiro atoms. The molecule has 1 amide bonds. The summed E-state index contributed by atoms with van der Waals surface area (Å²) in [4.78, 5) is 15.5. The van der Waals surface area contributed by atoms with Crippen LogP contribution in [0, 0.1) is 17.7 Å². The van der Waals surface area contributed by atoms with E-state index in [9.17, 15) is 19.4 Å². The summed E-state index contributed by atoms with van der Waals surface area (Å²) in [6.07, 6.45) is 2.85. The Bertz CT molecular complexity index is 1180. The highest BCUT2D eigenvalue weighted by atomic mass is 19.1. The van der Waals surface area contributed by atoms with Gasteiger partial charge in [0.2, 0.25) is 5.91 Å². The van der Waals surface area contributed by atoms with Crippen molar-refractivity contribution in [3.63, 3.8) is 0 Å². The lowest BCUT2D eigenvalue weighted by molar-refractivity contribution is -0.119. The number of amides is 1. The van der Waals surface area contributed by atoms with Gasteiger partial charge in [-0.1, -0.05) is 36.1 Å². The molecule has 7 heteroatoms. The van der Waals surface area contributed by atoms with Crippen molar-refractivity contribution in [1.82, 2.24) is 14.9 Å². The van der Waals surface area contributed by atoms with E-state index in [1.807, 2.05) is 6.07 Å². The van der Waals surface area contributed by atoms with Gasteiger partial charge >= 0.3 is 0 Å². The maximum Gasteiger partial charge on any atom is 0.220 e. The Balaban J connectivity index is 1.51. The molecule has 1 fully saturated rings. The van der Waals surface area contributed by atoms with Gasteiger partial charge in [0.25, 0.3) is 0 Å². The fourth-order valence-corrected chi connectivity index (χ4v) is 3.87. The minimum atomic E-state index is -0.771. The largest absolute Gasteiger partial charge is 0.393 e. The van der Waals surface area contributed by atoms with Crippen LogP contribution in [0.25, 0.3) is 11.1 Å². The number of benzene rings is 2. The van der Waals surface area contributed by atoms with Crippen molar-refractivity contribution in [2.75, 3.05) is 13.2 Å². The fraction of sp³-hybridized carbons (Fsp3) is 0.280. The van der Waals surface area contributed by atoms with Crippen molar-refractivity contribution in [1.29, 1.82) is 0 Å². The zero-order chi connectivity index (χ0) is 22.7. The van der Waals surface area contributed by atoms with Crippen LogP contribution in [0.2, 0.25) is 0 Å². The van der Waals surface area contributed by atoms with E-state index >= 15 is 0 Å². The third-order valence-corrected chi connectivity index (χ3v) is 5.60. The highest BCUT2D eigenvalue weighted by Crippen LogP contribution is 2.29. The standard InChI is InChI=1S/C25H24FN3O3/c1-16(31)25-27-10-11-29(25)21(15-30)8-4-17-2-5-18(6-3-17)22-9-7-19(12-23(22)26)20-13-24(32)28-14-20/h2-3,5-7,9-12,16,20-21,30-31H,13-15H2,1H3,(H,28,32)/t16-,20+,21-/m0/s1. The number of nitrogens with zero attached hydrogens (tertiary/aromatic N) is 2. The van der Waals surface area contributed by atoms with Crippen molar-refractivity contribution in [2.45, 2.75) is 31.4 Å². The Morgan fingerprint density at radius 3 is 2.69 bits per heavy atom. The number of hydrogen-bond donors (Lipinski definition) is 3. The summed E-state index contributed by atoms with van der Waals surface area (Å²) in [7, 11) is 0. The molecule has 0 aliphatic carbocycles. The Labute approximate surface area is 185 Å². The van der Waals surface area contributed by atoms with Crippen LogP contribution < -0.4 is 5.32 Å². The molecule has 2 aromatic carbocycles. The van der Waals surface area contributed by atoms with E-state index in [1.165, 1.54) is 6.07 Å². The van der Waals surface area contributed by atoms with Gasteiger partial charge in [0.05, 0.1) is 6.61 Å². The summed E-state index contributed by atoms with van der Waals surface area (Å²) < 4.78 is 16.4. The Morgan fingerprint density at radius 2 is 2.06 bits per heavy atom. The van der Waals surface area contributed by atoms with Gasteiger partial charge in [0.15, 0.2) is 0 Å². The van der Waals surface area contributed by atoms with E-state index in [0.717, 1.165) is 16.7 Å². The van der Waals surface area contributed by atoms with Gasteiger partial charge in [-0.05, 0) is 36.2 Å². The third-order valence-electron chi connectivity index (χ3n) is 5.60. The summed E-state index contributed by atoms with van der Waals surface area (Å²) in [5.74, 6) is 6.13. The number of hydrogen-bond acceptors (Lipinski definition) is 4. The molecule has 32 heavy (non-hydrogen) atoms. The monoisotopic (exact) mass is 433 g/mol. The molecular formula is C25H24FN3O3. The highest BCUT2D eigenvalue weighted by Gasteiger charge is 2.23. The Hall–Kier alpha value is -3.47. The molecule has 0 bridgehead atoms. The van der Waals surface area contributed by atoms with Gasteiger partial charge < -0.3 is 20.1 Å². The molecule has 2 heterocycles. The van der Waals surface area contributed by atoms with E-state index in [0.29, 0.717) is 24.4 Å². The lowest BCUT2D eigenvalue weighted by atomic mass is 9.95. The van der Waals surface area contributed by atoms with Crippen LogP contribution in [0.5, 0.6) is 0 Å². The van der Waals surface area contributed by atoms with Gasteiger partial charge in [0, 0.05) is 42.4 Å². The minimum absolute atomic E-state index is 0.00486. The van der Waals surface area contributed by atoms with Gasteiger partial charge in [-0.25, -0.2) is 9.37 Å². The molecule has 3 atom stereocenters. The normalized spacial score (nSPS) is 17.4. The van der Waals surface area contributed by atoms with Crippen LogP contribution in [-0.2, 0) is 4.79 Å². The zero-order valence-corrected chi connectivity index (χ0v) is 17.6. The molecular weight excluding hydrogens is 409 g/mol. The number of aliphatic hydroxyl groups excluding tert-OH is 2. The molecule has 0 unspecified atom stereocenters. The van der Waals surface area contributed by atoms with Crippen molar-refractivity contribution in [3.05, 3.63) is 77.6 Å². The van der Waals surface area contributed by atoms with Gasteiger partial charge in [-0.15, -0.1) is 0 Å². The van der Waals surface area contributed by atoms with E-state index in [4.69, 9.17) is 0 Å². The summed E-state index contributed by atoms with van der Waals surface area (Å²) >= 11 is 0. The summed E-state index contributed by atoms with van der Waals surface area (Å²) in [5, 5.41) is 22.3. The molecule has 4 rings (SSSR count). The second kappa shape index (κ2) is 9.35. The predicted molar refractivity (Wildman–Crippen MR) is 118 cm³/mol. The number of carbonyl (C=O) groups excluding carboxylic acids is 1. The molecule has 0 radical (unpaired) electrons. The van der Waals surface area contributed by atoms with E-state index in [2.05, 4.69) is 22.1 Å². The van der Waals surface area contributed by atoms with Crippen molar-refractivity contribution in [3.8, 4) is 23.0 Å². The second-order valence-corrected chi connectivity index (χ2v) is 7.86. The molecule has 1 aliphatic heterocycles. The van der Waals surface area contributed by atoms with Crippen LogP contribution in [0.15, 0.2) is 54.9 Å². The predicted octanol–water partition coefficient (Wildman–Crippen LogP) is 2.93. The quantitative estimate of drug-likeness (QED) is 0.540. The zero-order valence-electron chi connectivity index (χ0n) is 17.6. The van der Waals surface area contributed by atoms with Crippen LogP contribution in [0.1, 0.15) is 48.4 Å². The fourth-order valence-electron chi connectivity index (χ4n) is 3.87. The number of imidazole rings is 1. The van der Waals surface area contributed by atoms with Crippen LogP contribution in [0.4, 0.5) is 4.39 Å². The molecule has 6 nitrogen and oxygen atoms in total. The molecule has 1 aromatic heterocycles. The van der Waals surface area contributed by atoms with Crippen molar-refractivity contribution in [2.24, 2.45) is 0 Å². The van der Waals surface area contributed by atoms with E-state index in [1.54, 1.807) is 54.2 Å². The first-order valence-electron chi connectivity index (χ1n) is 10.5. The lowest BCUT2D eigenvalue weighted by Gasteiger charge is -2.14. The number of rotatable bonds is 5. The van der Waals surface area contributed by atoms with Gasteiger partial charge in [-0.3, -0.25) is 4.79 Å². The Morgan fingerprint density at radius 1 is 1.28 bits per heavy atom. The number of aromatic nitrogens is 2. The third kappa shape index (κ3) is 4.57. The molecule has 164 valence electrons. The maximum absolute atomic E-state index is 14.8. The Kier molecular flexibility index (Phi) is 6.35. The van der Waals surface area contributed by atoms with Crippen LogP contribution >= 0.6 is 0 Å². The molecule has 3 N–H and O–H groups in total. The van der Waals surface area contributed by atoms with E-state index < -0.39 is 12.1 Å². The molecule has 3 aromatic rings. The molecule has 1 aliphatic rings. The number of nitrogens with one attached hydrogen (secondary N) is 1. The highest BCUT2D eigenvalue weighted by molar-refractivity contribution is 5.79. The topological polar surface area (TPSA) is 87.4 Å². The first kappa shape index (κ1) is 21.8. The number of aliphatic hydroxyl groups is 2. The average molecular weight is 433 g/mol.